The average molecular weight is 189 g/mol. The summed E-state index contributed by atoms with van der Waals surface area (Å²) in [6.07, 6.45) is 2.45. The lowest BCUT2D eigenvalue weighted by molar-refractivity contribution is 0.286. The largest absolute Gasteiger partial charge is 0.324 e. The van der Waals surface area contributed by atoms with Crippen LogP contribution in [-0.4, -0.2) is 0 Å². The van der Waals surface area contributed by atoms with E-state index in [1.54, 1.807) is 0 Å². The molecule has 0 spiro atoms. The van der Waals surface area contributed by atoms with Crippen LogP contribution >= 0.6 is 0 Å². The lowest BCUT2D eigenvalue weighted by atomic mass is 9.75. The highest BCUT2D eigenvalue weighted by Gasteiger charge is 2.28. The zero-order valence-electron chi connectivity index (χ0n) is 9.03. The first-order valence-electron chi connectivity index (χ1n) is 5.53. The molecule has 0 radical (unpaired) electrons. The Hall–Kier alpha value is -0.820. The fourth-order valence-corrected chi connectivity index (χ4v) is 2.57. The molecular weight excluding hydrogens is 170 g/mol. The van der Waals surface area contributed by atoms with Crippen molar-refractivity contribution in [1.82, 2.24) is 0 Å². The molecule has 0 amide bonds. The second-order valence-corrected chi connectivity index (χ2v) is 4.67. The summed E-state index contributed by atoms with van der Waals surface area (Å²) in [6.45, 7) is 4.55. The molecule has 0 fully saturated rings. The van der Waals surface area contributed by atoms with Gasteiger partial charge in [0.15, 0.2) is 0 Å². The summed E-state index contributed by atoms with van der Waals surface area (Å²) in [4.78, 5) is 0. The molecular formula is C13H19N. The van der Waals surface area contributed by atoms with Crippen LogP contribution in [0.5, 0.6) is 0 Å². The molecule has 0 unspecified atom stereocenters. The SMILES string of the molecule is CC(C)[C@H]1CCc2ccccc2[C@@H]1N. The fourth-order valence-electron chi connectivity index (χ4n) is 2.57. The molecule has 2 rings (SSSR count). The van der Waals surface area contributed by atoms with Crippen molar-refractivity contribution < 1.29 is 0 Å². The summed E-state index contributed by atoms with van der Waals surface area (Å²) in [7, 11) is 0. The van der Waals surface area contributed by atoms with Gasteiger partial charge in [-0.15, -0.1) is 0 Å². The maximum Gasteiger partial charge on any atom is 0.0328 e. The molecule has 0 bridgehead atoms. The van der Waals surface area contributed by atoms with E-state index in [1.165, 1.54) is 24.0 Å². The Morgan fingerprint density at radius 2 is 2.00 bits per heavy atom. The smallest absolute Gasteiger partial charge is 0.0328 e. The normalized spacial score (nSPS) is 26.3. The highest BCUT2D eigenvalue weighted by atomic mass is 14.7. The average Bonchev–Trinajstić information content (AvgIpc) is 2.18. The molecule has 0 aliphatic heterocycles. The van der Waals surface area contributed by atoms with Gasteiger partial charge in [-0.3, -0.25) is 0 Å². The quantitative estimate of drug-likeness (QED) is 0.722. The Morgan fingerprint density at radius 3 is 2.71 bits per heavy atom. The van der Waals surface area contributed by atoms with Gasteiger partial charge in [0.25, 0.3) is 0 Å². The van der Waals surface area contributed by atoms with Crippen molar-refractivity contribution in [3.05, 3.63) is 35.4 Å². The van der Waals surface area contributed by atoms with Crippen LogP contribution in [0, 0.1) is 11.8 Å². The Balaban J connectivity index is 2.31. The Labute approximate surface area is 86.3 Å². The second kappa shape index (κ2) is 3.74. The van der Waals surface area contributed by atoms with E-state index in [9.17, 15) is 0 Å². The molecule has 1 heteroatoms. The maximum atomic E-state index is 6.29. The van der Waals surface area contributed by atoms with E-state index >= 15 is 0 Å². The summed E-state index contributed by atoms with van der Waals surface area (Å²) in [5.74, 6) is 1.35. The van der Waals surface area contributed by atoms with Gasteiger partial charge in [0.2, 0.25) is 0 Å². The third-order valence-electron chi connectivity index (χ3n) is 3.48. The third-order valence-corrected chi connectivity index (χ3v) is 3.48. The maximum absolute atomic E-state index is 6.29. The number of benzene rings is 1. The number of hydrogen-bond acceptors (Lipinski definition) is 1. The molecule has 76 valence electrons. The molecule has 0 aromatic heterocycles. The number of fused-ring (bicyclic) bond motifs is 1. The van der Waals surface area contributed by atoms with Crippen molar-refractivity contribution in [2.24, 2.45) is 17.6 Å². The fraction of sp³-hybridized carbons (Fsp3) is 0.538. The van der Waals surface area contributed by atoms with Gasteiger partial charge in [0.1, 0.15) is 0 Å². The molecule has 1 aromatic carbocycles. The van der Waals surface area contributed by atoms with E-state index in [-0.39, 0.29) is 6.04 Å². The molecule has 0 saturated heterocycles. The Morgan fingerprint density at radius 1 is 1.29 bits per heavy atom. The van der Waals surface area contributed by atoms with E-state index in [1.807, 2.05) is 0 Å². The molecule has 14 heavy (non-hydrogen) atoms. The zero-order chi connectivity index (χ0) is 10.1. The van der Waals surface area contributed by atoms with Gasteiger partial charge in [-0.2, -0.15) is 0 Å². The standard InChI is InChI=1S/C13H19N/c1-9(2)11-8-7-10-5-3-4-6-12(10)13(11)14/h3-6,9,11,13H,7-8,14H2,1-2H3/t11-,13-/m1/s1. The molecule has 1 aromatic rings. The van der Waals surface area contributed by atoms with Crippen molar-refractivity contribution in [1.29, 1.82) is 0 Å². The van der Waals surface area contributed by atoms with Crippen LogP contribution in [0.2, 0.25) is 0 Å². The molecule has 1 nitrogen and oxygen atoms in total. The van der Waals surface area contributed by atoms with Crippen molar-refractivity contribution in [2.45, 2.75) is 32.7 Å². The highest BCUT2D eigenvalue weighted by molar-refractivity contribution is 5.32. The summed E-state index contributed by atoms with van der Waals surface area (Å²) in [6, 6.07) is 8.86. The van der Waals surface area contributed by atoms with Crippen molar-refractivity contribution >= 4 is 0 Å². The van der Waals surface area contributed by atoms with Gasteiger partial charge in [0, 0.05) is 6.04 Å². The van der Waals surface area contributed by atoms with Crippen LogP contribution < -0.4 is 5.73 Å². The highest BCUT2D eigenvalue weighted by Crippen LogP contribution is 2.36. The van der Waals surface area contributed by atoms with Gasteiger partial charge in [0.05, 0.1) is 0 Å². The second-order valence-electron chi connectivity index (χ2n) is 4.67. The monoisotopic (exact) mass is 189 g/mol. The first kappa shape index (κ1) is 9.72. The molecule has 1 aliphatic rings. The molecule has 2 N–H and O–H groups in total. The third kappa shape index (κ3) is 1.57. The van der Waals surface area contributed by atoms with E-state index in [4.69, 9.17) is 5.73 Å². The van der Waals surface area contributed by atoms with Crippen molar-refractivity contribution in [3.8, 4) is 0 Å². The Bertz CT molecular complexity index is 317. The minimum atomic E-state index is 0.250. The van der Waals surface area contributed by atoms with Crippen LogP contribution in [0.1, 0.15) is 37.4 Å². The summed E-state index contributed by atoms with van der Waals surface area (Å²) in [5.41, 5.74) is 9.12. The lowest BCUT2D eigenvalue weighted by Crippen LogP contribution is -2.30. The van der Waals surface area contributed by atoms with Crippen LogP contribution in [0.4, 0.5) is 0 Å². The number of nitrogens with two attached hydrogens (primary N) is 1. The van der Waals surface area contributed by atoms with Crippen LogP contribution in [0.15, 0.2) is 24.3 Å². The van der Waals surface area contributed by atoms with Crippen LogP contribution in [0.25, 0.3) is 0 Å². The first-order chi connectivity index (χ1) is 6.70. The summed E-state index contributed by atoms with van der Waals surface area (Å²) >= 11 is 0. The van der Waals surface area contributed by atoms with Gasteiger partial charge in [-0.05, 0) is 35.8 Å². The predicted octanol–water partition coefficient (Wildman–Crippen LogP) is 2.90. The molecule has 2 atom stereocenters. The Kier molecular flexibility index (Phi) is 2.60. The minimum absolute atomic E-state index is 0.250. The van der Waals surface area contributed by atoms with Gasteiger partial charge in [-0.1, -0.05) is 38.1 Å². The number of aryl methyl sites for hydroxylation is 1. The molecule has 1 aliphatic carbocycles. The van der Waals surface area contributed by atoms with Gasteiger partial charge < -0.3 is 5.73 Å². The summed E-state index contributed by atoms with van der Waals surface area (Å²) < 4.78 is 0. The molecule has 0 heterocycles. The predicted molar refractivity (Wildman–Crippen MR) is 60.0 cm³/mol. The lowest BCUT2D eigenvalue weighted by Gasteiger charge is -2.33. The zero-order valence-corrected chi connectivity index (χ0v) is 9.03. The van der Waals surface area contributed by atoms with Crippen molar-refractivity contribution in [2.75, 3.05) is 0 Å². The minimum Gasteiger partial charge on any atom is -0.324 e. The van der Waals surface area contributed by atoms with E-state index in [0.717, 1.165) is 0 Å². The van der Waals surface area contributed by atoms with Crippen molar-refractivity contribution in [3.63, 3.8) is 0 Å². The topological polar surface area (TPSA) is 26.0 Å². The van der Waals surface area contributed by atoms with E-state index < -0.39 is 0 Å². The van der Waals surface area contributed by atoms with Gasteiger partial charge >= 0.3 is 0 Å². The first-order valence-corrected chi connectivity index (χ1v) is 5.53. The van der Waals surface area contributed by atoms with Gasteiger partial charge in [-0.25, -0.2) is 0 Å². The van der Waals surface area contributed by atoms with E-state index in [2.05, 4.69) is 38.1 Å². The number of rotatable bonds is 1. The molecule has 0 saturated carbocycles. The number of hydrogen-bond donors (Lipinski definition) is 1. The summed E-state index contributed by atoms with van der Waals surface area (Å²) in [5, 5.41) is 0. The van der Waals surface area contributed by atoms with E-state index in [0.29, 0.717) is 11.8 Å². The van der Waals surface area contributed by atoms with Crippen LogP contribution in [0.3, 0.4) is 0 Å². The van der Waals surface area contributed by atoms with Crippen LogP contribution in [-0.2, 0) is 6.42 Å².